The molecule has 2 rings (SSSR count). The van der Waals surface area contributed by atoms with Crippen LogP contribution >= 0.6 is 11.8 Å². The molecule has 5 heteroatoms. The van der Waals surface area contributed by atoms with Crippen molar-refractivity contribution in [2.24, 2.45) is 7.05 Å². The Labute approximate surface area is 103 Å². The Bertz CT molecular complexity index is 566. The summed E-state index contributed by atoms with van der Waals surface area (Å²) in [4.78, 5) is 12.1. The van der Waals surface area contributed by atoms with Gasteiger partial charge in [-0.25, -0.2) is 4.68 Å². The van der Waals surface area contributed by atoms with Gasteiger partial charge in [-0.2, -0.15) is 5.10 Å². The van der Waals surface area contributed by atoms with E-state index in [0.717, 1.165) is 5.56 Å². The van der Waals surface area contributed by atoms with E-state index in [1.807, 2.05) is 30.3 Å². The van der Waals surface area contributed by atoms with Crippen LogP contribution in [0.15, 0.2) is 46.2 Å². The van der Waals surface area contributed by atoms with Crippen LogP contribution in [0.1, 0.15) is 5.56 Å². The second-order valence-electron chi connectivity index (χ2n) is 3.56. The van der Waals surface area contributed by atoms with Crippen molar-refractivity contribution in [3.05, 3.63) is 52.4 Å². The monoisotopic (exact) mass is 248 g/mol. The maximum atomic E-state index is 11.7. The highest BCUT2D eigenvalue weighted by Gasteiger charge is 2.09. The summed E-state index contributed by atoms with van der Waals surface area (Å²) in [5.74, 6) is 0.585. The molecule has 1 heterocycles. The fourth-order valence-corrected chi connectivity index (χ4v) is 2.33. The van der Waals surface area contributed by atoms with Gasteiger partial charge in [0.25, 0.3) is 5.56 Å². The minimum Gasteiger partial charge on any atom is -0.505 e. The smallest absolute Gasteiger partial charge is 0.283 e. The van der Waals surface area contributed by atoms with Gasteiger partial charge in [0.1, 0.15) is 4.90 Å². The highest BCUT2D eigenvalue weighted by molar-refractivity contribution is 7.98. The molecule has 0 saturated carbocycles. The first-order valence-electron chi connectivity index (χ1n) is 5.10. The molecular weight excluding hydrogens is 236 g/mol. The number of aromatic nitrogens is 2. The number of benzene rings is 1. The lowest BCUT2D eigenvalue weighted by molar-refractivity contribution is 0.448. The first-order valence-corrected chi connectivity index (χ1v) is 6.09. The fraction of sp³-hybridized carbons (Fsp3) is 0.167. The summed E-state index contributed by atoms with van der Waals surface area (Å²) >= 11 is 1.32. The van der Waals surface area contributed by atoms with Gasteiger partial charge in [0.05, 0.1) is 6.20 Å². The molecule has 0 aliphatic rings. The first kappa shape index (κ1) is 11.7. The van der Waals surface area contributed by atoms with Gasteiger partial charge in [-0.05, 0) is 5.56 Å². The van der Waals surface area contributed by atoms with E-state index < -0.39 is 0 Å². The predicted octanol–water partition coefficient (Wildman–Crippen LogP) is 1.78. The van der Waals surface area contributed by atoms with Crippen molar-refractivity contribution in [1.29, 1.82) is 0 Å². The number of aryl methyl sites for hydroxylation is 1. The summed E-state index contributed by atoms with van der Waals surface area (Å²) in [7, 11) is 1.56. The van der Waals surface area contributed by atoms with E-state index in [2.05, 4.69) is 5.10 Å². The Morgan fingerprint density at radius 3 is 2.76 bits per heavy atom. The van der Waals surface area contributed by atoms with Gasteiger partial charge < -0.3 is 5.11 Å². The molecule has 4 nitrogen and oxygen atoms in total. The van der Waals surface area contributed by atoms with E-state index in [1.165, 1.54) is 22.6 Å². The molecule has 0 fully saturated rings. The molecule has 0 spiro atoms. The van der Waals surface area contributed by atoms with Crippen LogP contribution in [0, 0.1) is 0 Å². The quantitative estimate of drug-likeness (QED) is 0.841. The average Bonchev–Trinajstić information content (AvgIpc) is 2.35. The molecule has 88 valence electrons. The highest BCUT2D eigenvalue weighted by atomic mass is 32.2. The first-order chi connectivity index (χ1) is 8.18. The maximum Gasteiger partial charge on any atom is 0.283 e. The van der Waals surface area contributed by atoms with Crippen LogP contribution in [-0.4, -0.2) is 14.9 Å². The summed E-state index contributed by atoms with van der Waals surface area (Å²) < 4.78 is 1.22. The molecule has 0 atom stereocenters. The zero-order valence-electron chi connectivity index (χ0n) is 9.33. The topological polar surface area (TPSA) is 55.1 Å². The largest absolute Gasteiger partial charge is 0.505 e. The number of thioether (sulfide) groups is 1. The standard InChI is InChI=1S/C12H12N2O2S/c1-14-12(16)11(10(15)7-13-14)17-8-9-5-3-2-4-6-9/h2-7,15H,8H2,1H3. The minimum absolute atomic E-state index is 0.0611. The summed E-state index contributed by atoms with van der Waals surface area (Å²) in [6.45, 7) is 0. The Kier molecular flexibility index (Phi) is 3.49. The van der Waals surface area contributed by atoms with Gasteiger partial charge in [-0.15, -0.1) is 11.8 Å². The third-order valence-electron chi connectivity index (χ3n) is 2.30. The number of hydrogen-bond acceptors (Lipinski definition) is 4. The number of aromatic hydroxyl groups is 1. The molecule has 0 unspecified atom stereocenters. The van der Waals surface area contributed by atoms with Crippen molar-refractivity contribution in [3.8, 4) is 5.75 Å². The van der Waals surface area contributed by atoms with Crippen LogP contribution in [0.3, 0.4) is 0 Å². The van der Waals surface area contributed by atoms with Crippen LogP contribution in [0.4, 0.5) is 0 Å². The van der Waals surface area contributed by atoms with Crippen molar-refractivity contribution < 1.29 is 5.11 Å². The number of nitrogens with zero attached hydrogens (tertiary/aromatic N) is 2. The predicted molar refractivity (Wildman–Crippen MR) is 67.1 cm³/mol. The second kappa shape index (κ2) is 5.05. The Morgan fingerprint density at radius 1 is 1.35 bits per heavy atom. The zero-order valence-corrected chi connectivity index (χ0v) is 10.1. The van der Waals surface area contributed by atoms with E-state index >= 15 is 0 Å². The van der Waals surface area contributed by atoms with E-state index in [1.54, 1.807) is 7.05 Å². The van der Waals surface area contributed by atoms with Gasteiger partial charge in [-0.3, -0.25) is 4.79 Å². The number of rotatable bonds is 3. The molecule has 0 bridgehead atoms. The van der Waals surface area contributed by atoms with Crippen molar-refractivity contribution in [1.82, 2.24) is 9.78 Å². The van der Waals surface area contributed by atoms with Crippen molar-refractivity contribution in [2.45, 2.75) is 10.6 Å². The molecule has 0 amide bonds. The average molecular weight is 248 g/mol. The molecule has 0 radical (unpaired) electrons. The minimum atomic E-state index is -0.272. The van der Waals surface area contributed by atoms with Crippen molar-refractivity contribution >= 4 is 11.8 Å². The Balaban J connectivity index is 2.20. The molecule has 0 aliphatic heterocycles. The Morgan fingerprint density at radius 2 is 2.06 bits per heavy atom. The van der Waals surface area contributed by atoms with Crippen molar-refractivity contribution in [3.63, 3.8) is 0 Å². The molecule has 0 aliphatic carbocycles. The third kappa shape index (κ3) is 2.68. The summed E-state index contributed by atoms with van der Waals surface area (Å²) in [5, 5.41) is 13.3. The summed E-state index contributed by atoms with van der Waals surface area (Å²) in [5.41, 5.74) is 0.835. The van der Waals surface area contributed by atoms with Crippen LogP contribution < -0.4 is 5.56 Å². The van der Waals surface area contributed by atoms with Crippen LogP contribution in [0.2, 0.25) is 0 Å². The Hall–Kier alpha value is -1.75. The highest BCUT2D eigenvalue weighted by Crippen LogP contribution is 2.26. The summed E-state index contributed by atoms with van der Waals surface area (Å²) in [6, 6.07) is 9.79. The van der Waals surface area contributed by atoms with Gasteiger partial charge in [0.2, 0.25) is 0 Å². The van der Waals surface area contributed by atoms with Crippen LogP contribution in [0.5, 0.6) is 5.75 Å². The van der Waals surface area contributed by atoms with Crippen molar-refractivity contribution in [2.75, 3.05) is 0 Å². The molecule has 1 N–H and O–H groups in total. The number of hydrogen-bond donors (Lipinski definition) is 1. The zero-order chi connectivity index (χ0) is 12.3. The molecular formula is C12H12N2O2S. The van der Waals surface area contributed by atoms with E-state index in [-0.39, 0.29) is 11.3 Å². The van der Waals surface area contributed by atoms with Gasteiger partial charge in [0.15, 0.2) is 5.75 Å². The van der Waals surface area contributed by atoms with Gasteiger partial charge in [-0.1, -0.05) is 30.3 Å². The van der Waals surface area contributed by atoms with Crippen LogP contribution in [0.25, 0.3) is 0 Å². The van der Waals surface area contributed by atoms with Gasteiger partial charge in [0, 0.05) is 12.8 Å². The third-order valence-corrected chi connectivity index (χ3v) is 3.45. The van der Waals surface area contributed by atoms with Crippen LogP contribution in [-0.2, 0) is 12.8 Å². The SMILES string of the molecule is Cn1ncc(O)c(SCc2ccccc2)c1=O. The summed E-state index contributed by atoms with van der Waals surface area (Å²) in [6.07, 6.45) is 1.29. The lowest BCUT2D eigenvalue weighted by Gasteiger charge is -2.04. The fourth-order valence-electron chi connectivity index (χ4n) is 1.37. The van der Waals surface area contributed by atoms with E-state index in [0.29, 0.717) is 10.6 Å². The molecule has 17 heavy (non-hydrogen) atoms. The normalized spacial score (nSPS) is 10.4. The molecule has 2 aromatic rings. The van der Waals surface area contributed by atoms with E-state index in [9.17, 15) is 9.90 Å². The second-order valence-corrected chi connectivity index (χ2v) is 4.55. The van der Waals surface area contributed by atoms with Gasteiger partial charge >= 0.3 is 0 Å². The lowest BCUT2D eigenvalue weighted by Crippen LogP contribution is -2.20. The maximum absolute atomic E-state index is 11.7. The molecule has 1 aromatic carbocycles. The molecule has 0 saturated heterocycles. The lowest BCUT2D eigenvalue weighted by atomic mass is 10.2. The molecule has 1 aromatic heterocycles. The van der Waals surface area contributed by atoms with E-state index in [4.69, 9.17) is 0 Å².